The summed E-state index contributed by atoms with van der Waals surface area (Å²) >= 11 is 0. The maximum Gasteiger partial charge on any atom is 0.332 e. The van der Waals surface area contributed by atoms with E-state index in [-0.39, 0.29) is 11.2 Å². The van der Waals surface area contributed by atoms with Crippen molar-refractivity contribution in [2.24, 2.45) is 7.05 Å². The highest BCUT2D eigenvalue weighted by atomic mass is 16.2. The van der Waals surface area contributed by atoms with Crippen LogP contribution < -0.4 is 16.1 Å². The lowest BCUT2D eigenvalue weighted by atomic mass is 10.1. The van der Waals surface area contributed by atoms with Crippen LogP contribution in [0.4, 0.5) is 11.6 Å². The molecule has 0 fully saturated rings. The summed E-state index contributed by atoms with van der Waals surface area (Å²) in [7, 11) is 1.69. The summed E-state index contributed by atoms with van der Waals surface area (Å²) in [6.07, 6.45) is 2.65. The normalized spacial score (nSPS) is 14.0. The van der Waals surface area contributed by atoms with E-state index in [0.29, 0.717) is 17.7 Å². The largest absolute Gasteiger partial charge is 0.332 e. The first-order chi connectivity index (χ1) is 13.1. The number of benzene rings is 1. The Morgan fingerprint density at radius 1 is 1.07 bits per heavy atom. The fourth-order valence-corrected chi connectivity index (χ4v) is 3.84. The Labute approximate surface area is 157 Å². The lowest BCUT2D eigenvalue weighted by molar-refractivity contribution is 0.579. The molecule has 0 bridgehead atoms. The molecule has 7 nitrogen and oxygen atoms in total. The third-order valence-corrected chi connectivity index (χ3v) is 5.32. The van der Waals surface area contributed by atoms with Crippen LogP contribution in [0.1, 0.15) is 32.3 Å². The van der Waals surface area contributed by atoms with Crippen molar-refractivity contribution in [1.82, 2.24) is 18.7 Å². The molecule has 1 aliphatic heterocycles. The quantitative estimate of drug-likeness (QED) is 0.710. The van der Waals surface area contributed by atoms with Crippen molar-refractivity contribution < 1.29 is 0 Å². The molecular formula is C20H25N5O2. The van der Waals surface area contributed by atoms with Gasteiger partial charge in [-0.15, -0.1) is 0 Å². The zero-order valence-electron chi connectivity index (χ0n) is 16.1. The van der Waals surface area contributed by atoms with Gasteiger partial charge in [0.2, 0.25) is 5.95 Å². The van der Waals surface area contributed by atoms with Gasteiger partial charge < -0.3 is 9.47 Å². The number of nitrogens with zero attached hydrogens (tertiary/aromatic N) is 5. The van der Waals surface area contributed by atoms with Gasteiger partial charge in [0.1, 0.15) is 0 Å². The highest BCUT2D eigenvalue weighted by Gasteiger charge is 2.26. The van der Waals surface area contributed by atoms with Gasteiger partial charge in [0.25, 0.3) is 5.56 Å². The number of fused-ring (bicyclic) bond motifs is 3. The van der Waals surface area contributed by atoms with Crippen molar-refractivity contribution in [1.29, 1.82) is 0 Å². The minimum atomic E-state index is -0.302. The first-order valence-corrected chi connectivity index (χ1v) is 9.63. The molecular weight excluding hydrogens is 342 g/mol. The molecule has 0 aliphatic carbocycles. The second-order valence-corrected chi connectivity index (χ2v) is 7.06. The van der Waals surface area contributed by atoms with E-state index >= 15 is 0 Å². The van der Waals surface area contributed by atoms with Crippen molar-refractivity contribution in [2.75, 3.05) is 11.4 Å². The van der Waals surface area contributed by atoms with Gasteiger partial charge >= 0.3 is 5.69 Å². The maximum atomic E-state index is 13.0. The van der Waals surface area contributed by atoms with E-state index in [0.717, 1.165) is 44.0 Å². The summed E-state index contributed by atoms with van der Waals surface area (Å²) in [6.45, 7) is 6.09. The fraction of sp³-hybridized carbons (Fsp3) is 0.450. The molecule has 3 heterocycles. The van der Waals surface area contributed by atoms with Crippen LogP contribution >= 0.6 is 0 Å². The molecule has 0 saturated heterocycles. The molecule has 0 spiro atoms. The summed E-state index contributed by atoms with van der Waals surface area (Å²) in [5.74, 6) is 0.738. The molecule has 0 saturated carbocycles. The molecule has 0 radical (unpaired) electrons. The van der Waals surface area contributed by atoms with Crippen molar-refractivity contribution in [3.05, 3.63) is 50.7 Å². The summed E-state index contributed by atoms with van der Waals surface area (Å²) < 4.78 is 4.79. The number of anilines is 2. The van der Waals surface area contributed by atoms with Crippen LogP contribution in [0.3, 0.4) is 0 Å². The number of imidazole rings is 1. The summed E-state index contributed by atoms with van der Waals surface area (Å²) in [5.41, 5.74) is 2.79. The number of hydrogen-bond acceptors (Lipinski definition) is 4. The second kappa shape index (κ2) is 6.72. The van der Waals surface area contributed by atoms with Gasteiger partial charge in [0.15, 0.2) is 11.2 Å². The predicted octanol–water partition coefficient (Wildman–Crippen LogP) is 2.41. The van der Waals surface area contributed by atoms with Crippen molar-refractivity contribution >= 4 is 22.8 Å². The van der Waals surface area contributed by atoms with E-state index < -0.39 is 0 Å². The van der Waals surface area contributed by atoms with E-state index in [1.54, 1.807) is 7.05 Å². The van der Waals surface area contributed by atoms with Crippen LogP contribution in [-0.2, 0) is 26.6 Å². The summed E-state index contributed by atoms with van der Waals surface area (Å²) in [6, 6.07) is 8.45. The molecule has 0 unspecified atom stereocenters. The molecule has 3 aromatic rings. The van der Waals surface area contributed by atoms with E-state index in [2.05, 4.69) is 36.1 Å². The Hall–Kier alpha value is -2.83. The molecule has 27 heavy (non-hydrogen) atoms. The van der Waals surface area contributed by atoms with E-state index in [1.165, 1.54) is 14.7 Å². The fourth-order valence-electron chi connectivity index (χ4n) is 3.84. The second-order valence-electron chi connectivity index (χ2n) is 7.06. The number of hydrogen-bond donors (Lipinski definition) is 0. The first-order valence-electron chi connectivity index (χ1n) is 9.63. The zero-order valence-corrected chi connectivity index (χ0v) is 16.1. The monoisotopic (exact) mass is 367 g/mol. The predicted molar refractivity (Wildman–Crippen MR) is 107 cm³/mol. The summed E-state index contributed by atoms with van der Waals surface area (Å²) in [4.78, 5) is 32.5. The molecule has 1 aromatic carbocycles. The van der Waals surface area contributed by atoms with Crippen molar-refractivity contribution in [3.8, 4) is 0 Å². The van der Waals surface area contributed by atoms with Gasteiger partial charge in [-0.2, -0.15) is 4.98 Å². The Morgan fingerprint density at radius 3 is 2.48 bits per heavy atom. The van der Waals surface area contributed by atoms with Gasteiger partial charge in [-0.3, -0.25) is 13.9 Å². The Morgan fingerprint density at radius 2 is 1.81 bits per heavy atom. The molecule has 0 atom stereocenters. The molecule has 0 N–H and O–H groups in total. The zero-order chi connectivity index (χ0) is 19.1. The SMILES string of the molecule is CCCn1c(=O)c2c(nc3n2CCCN3c2ccc(CC)cc2)n(C)c1=O. The van der Waals surface area contributed by atoms with E-state index in [4.69, 9.17) is 4.98 Å². The molecule has 4 rings (SSSR count). The summed E-state index contributed by atoms with van der Waals surface area (Å²) in [5, 5.41) is 0. The molecule has 142 valence electrons. The molecule has 7 heteroatoms. The third-order valence-electron chi connectivity index (χ3n) is 5.32. The number of aromatic nitrogens is 4. The van der Waals surface area contributed by atoms with Crippen LogP contribution in [-0.4, -0.2) is 25.2 Å². The van der Waals surface area contributed by atoms with Gasteiger partial charge in [-0.1, -0.05) is 26.0 Å². The molecule has 1 aliphatic rings. The van der Waals surface area contributed by atoms with Crippen LogP contribution in [0.2, 0.25) is 0 Å². The first kappa shape index (κ1) is 17.6. The van der Waals surface area contributed by atoms with Gasteiger partial charge in [0.05, 0.1) is 0 Å². The third kappa shape index (κ3) is 2.69. The highest BCUT2D eigenvalue weighted by molar-refractivity contribution is 5.77. The van der Waals surface area contributed by atoms with Crippen molar-refractivity contribution in [2.45, 2.75) is 46.2 Å². The maximum absolute atomic E-state index is 13.0. The highest BCUT2D eigenvalue weighted by Crippen LogP contribution is 2.31. The Kier molecular flexibility index (Phi) is 4.37. The standard InChI is InChI=1S/C20H25N5O2/c1-4-11-25-18(26)16-17(22(3)20(25)27)21-19-23(12-6-13-24(16)19)15-9-7-14(5-2)8-10-15/h7-10H,4-6,11-13H2,1-3H3. The van der Waals surface area contributed by atoms with Crippen molar-refractivity contribution in [3.63, 3.8) is 0 Å². The average Bonchev–Trinajstić information content (AvgIpc) is 3.09. The van der Waals surface area contributed by atoms with Gasteiger partial charge in [-0.25, -0.2) is 4.79 Å². The van der Waals surface area contributed by atoms with E-state index in [9.17, 15) is 9.59 Å². The Balaban J connectivity index is 1.93. The van der Waals surface area contributed by atoms with Gasteiger partial charge in [-0.05, 0) is 37.0 Å². The minimum absolute atomic E-state index is 0.239. The van der Waals surface area contributed by atoms with Gasteiger partial charge in [0, 0.05) is 32.4 Å². The van der Waals surface area contributed by atoms with E-state index in [1.807, 2.05) is 11.5 Å². The molecule has 2 aromatic heterocycles. The number of aryl methyl sites for hydroxylation is 3. The lowest BCUT2D eigenvalue weighted by Crippen LogP contribution is -2.39. The van der Waals surface area contributed by atoms with Crippen LogP contribution in [0.15, 0.2) is 33.9 Å². The number of rotatable bonds is 4. The average molecular weight is 367 g/mol. The topological polar surface area (TPSA) is 65.1 Å². The van der Waals surface area contributed by atoms with Crippen LogP contribution in [0, 0.1) is 0 Å². The van der Waals surface area contributed by atoms with Crippen LogP contribution in [0.5, 0.6) is 0 Å². The smallest absolute Gasteiger partial charge is 0.312 e. The molecule has 0 amide bonds. The lowest BCUT2D eigenvalue weighted by Gasteiger charge is -2.29. The van der Waals surface area contributed by atoms with Crippen LogP contribution in [0.25, 0.3) is 11.2 Å². The minimum Gasteiger partial charge on any atom is -0.312 e. The Bertz CT molecular complexity index is 1100.